The molecule has 3 aromatic rings. The van der Waals surface area contributed by atoms with Gasteiger partial charge in [-0.25, -0.2) is 0 Å². The SMILES string of the molecule is COc1ccc(/C=C/C(=O)c2ccccc2[N+](=O)[O-])cc1COc1ccc(Br)cc1. The monoisotopic (exact) mass is 467 g/mol. The molecule has 0 aliphatic carbocycles. The third-order valence-corrected chi connectivity index (χ3v) is 4.83. The standard InChI is InChI=1S/C23H18BrNO5/c1-29-23-13-7-16(14-17(23)15-30-19-10-8-18(24)9-11-19)6-12-22(26)20-4-2-3-5-21(20)25(27)28/h2-14H,15H2,1H3/b12-6+. The molecule has 0 radical (unpaired) electrons. The Labute approximate surface area is 182 Å². The van der Waals surface area contributed by atoms with Crippen molar-refractivity contribution in [2.45, 2.75) is 6.61 Å². The maximum absolute atomic E-state index is 12.4. The van der Waals surface area contributed by atoms with Crippen molar-refractivity contribution >= 4 is 33.5 Å². The molecule has 0 unspecified atom stereocenters. The van der Waals surface area contributed by atoms with E-state index in [4.69, 9.17) is 9.47 Å². The lowest BCUT2D eigenvalue weighted by molar-refractivity contribution is -0.385. The summed E-state index contributed by atoms with van der Waals surface area (Å²) in [6.07, 6.45) is 2.94. The number of ketones is 1. The molecule has 0 fully saturated rings. The number of carbonyl (C=O) groups excluding carboxylic acids is 1. The van der Waals surface area contributed by atoms with Crippen molar-refractivity contribution in [1.29, 1.82) is 0 Å². The largest absolute Gasteiger partial charge is 0.496 e. The maximum atomic E-state index is 12.4. The van der Waals surface area contributed by atoms with E-state index in [1.54, 1.807) is 31.4 Å². The van der Waals surface area contributed by atoms with Crippen LogP contribution in [0.4, 0.5) is 5.69 Å². The van der Waals surface area contributed by atoms with Crippen molar-refractivity contribution in [2.24, 2.45) is 0 Å². The summed E-state index contributed by atoms with van der Waals surface area (Å²) in [5.74, 6) is 0.938. The van der Waals surface area contributed by atoms with Gasteiger partial charge in [0.25, 0.3) is 5.69 Å². The van der Waals surface area contributed by atoms with Gasteiger partial charge in [0.15, 0.2) is 5.78 Å². The Bertz CT molecular complexity index is 1090. The summed E-state index contributed by atoms with van der Waals surface area (Å²) in [5.41, 5.74) is 1.38. The van der Waals surface area contributed by atoms with E-state index in [0.717, 1.165) is 15.6 Å². The summed E-state index contributed by atoms with van der Waals surface area (Å²) < 4.78 is 12.2. The van der Waals surface area contributed by atoms with Crippen LogP contribution in [0.15, 0.2) is 77.3 Å². The van der Waals surface area contributed by atoms with Gasteiger partial charge in [0.2, 0.25) is 0 Å². The minimum absolute atomic E-state index is 0.0473. The fourth-order valence-electron chi connectivity index (χ4n) is 2.81. The molecule has 6 nitrogen and oxygen atoms in total. The van der Waals surface area contributed by atoms with Crippen LogP contribution >= 0.6 is 15.9 Å². The van der Waals surface area contributed by atoms with Gasteiger partial charge in [0.05, 0.1) is 17.6 Å². The summed E-state index contributed by atoms with van der Waals surface area (Å²) in [6, 6.07) is 18.8. The van der Waals surface area contributed by atoms with Gasteiger partial charge in [-0.1, -0.05) is 40.2 Å². The first kappa shape index (κ1) is 21.3. The molecule has 0 saturated carbocycles. The lowest BCUT2D eigenvalue weighted by Crippen LogP contribution is -2.01. The minimum atomic E-state index is -0.563. The Balaban J connectivity index is 1.78. The van der Waals surface area contributed by atoms with Crippen molar-refractivity contribution in [3.63, 3.8) is 0 Å². The average molecular weight is 468 g/mol. The third kappa shape index (κ3) is 5.33. The first-order valence-corrected chi connectivity index (χ1v) is 9.78. The number of rotatable bonds is 8. The van der Waals surface area contributed by atoms with E-state index in [0.29, 0.717) is 11.5 Å². The molecule has 0 amide bonds. The van der Waals surface area contributed by atoms with Crippen LogP contribution in [0.5, 0.6) is 11.5 Å². The predicted octanol–water partition coefficient (Wildman–Crippen LogP) is 5.84. The highest BCUT2D eigenvalue weighted by Gasteiger charge is 2.17. The molecule has 0 spiro atoms. The number of nitrogens with zero attached hydrogens (tertiary/aromatic N) is 1. The van der Waals surface area contributed by atoms with E-state index < -0.39 is 10.7 Å². The number of carbonyl (C=O) groups is 1. The highest BCUT2D eigenvalue weighted by Crippen LogP contribution is 2.24. The number of hydrogen-bond acceptors (Lipinski definition) is 5. The number of halogens is 1. The average Bonchev–Trinajstić information content (AvgIpc) is 2.77. The third-order valence-electron chi connectivity index (χ3n) is 4.31. The van der Waals surface area contributed by atoms with Gasteiger partial charge >= 0.3 is 0 Å². The van der Waals surface area contributed by atoms with Crippen LogP contribution < -0.4 is 9.47 Å². The van der Waals surface area contributed by atoms with Gasteiger partial charge < -0.3 is 9.47 Å². The van der Waals surface area contributed by atoms with Gasteiger partial charge in [-0.15, -0.1) is 0 Å². The van der Waals surface area contributed by atoms with Crippen LogP contribution in [0.2, 0.25) is 0 Å². The van der Waals surface area contributed by atoms with E-state index in [1.807, 2.05) is 30.3 Å². The highest BCUT2D eigenvalue weighted by atomic mass is 79.9. The molecule has 0 aliphatic rings. The number of para-hydroxylation sites is 1. The Kier molecular flexibility index (Phi) is 6.98. The first-order chi connectivity index (χ1) is 14.5. The molecule has 7 heteroatoms. The Morgan fingerprint density at radius 1 is 1.10 bits per heavy atom. The lowest BCUT2D eigenvalue weighted by atomic mass is 10.1. The number of benzene rings is 3. The van der Waals surface area contributed by atoms with Gasteiger partial charge in [-0.2, -0.15) is 0 Å². The van der Waals surface area contributed by atoms with Crippen molar-refractivity contribution in [3.8, 4) is 11.5 Å². The number of methoxy groups -OCH3 is 1. The second kappa shape index (κ2) is 9.84. The number of nitro groups is 1. The quantitative estimate of drug-likeness (QED) is 0.180. The van der Waals surface area contributed by atoms with Crippen LogP contribution in [-0.2, 0) is 6.61 Å². The molecule has 0 N–H and O–H groups in total. The second-order valence-corrected chi connectivity index (χ2v) is 7.20. The Hall–Kier alpha value is -3.45. The van der Waals surface area contributed by atoms with Crippen LogP contribution in [0, 0.1) is 10.1 Å². The molecular weight excluding hydrogens is 450 g/mol. The van der Waals surface area contributed by atoms with E-state index in [2.05, 4.69) is 15.9 Å². The van der Waals surface area contributed by atoms with Gasteiger partial charge in [0.1, 0.15) is 18.1 Å². The molecule has 0 saturated heterocycles. The van der Waals surface area contributed by atoms with E-state index in [9.17, 15) is 14.9 Å². The number of ether oxygens (including phenoxy) is 2. The van der Waals surface area contributed by atoms with E-state index in [1.165, 1.54) is 24.3 Å². The minimum Gasteiger partial charge on any atom is -0.496 e. The molecule has 3 aromatic carbocycles. The smallest absolute Gasteiger partial charge is 0.280 e. The van der Waals surface area contributed by atoms with Crippen molar-refractivity contribution in [3.05, 3.63) is 104 Å². The zero-order valence-electron chi connectivity index (χ0n) is 16.1. The van der Waals surface area contributed by atoms with Gasteiger partial charge in [-0.05, 0) is 54.1 Å². The van der Waals surface area contributed by atoms with Crippen LogP contribution in [0.1, 0.15) is 21.5 Å². The summed E-state index contributed by atoms with van der Waals surface area (Å²) in [6.45, 7) is 0.282. The molecule has 0 aliphatic heterocycles. The summed E-state index contributed by atoms with van der Waals surface area (Å²) in [7, 11) is 1.58. The Morgan fingerprint density at radius 2 is 1.83 bits per heavy atom. The Morgan fingerprint density at radius 3 is 2.53 bits per heavy atom. The first-order valence-electron chi connectivity index (χ1n) is 8.99. The van der Waals surface area contributed by atoms with Gasteiger partial charge in [0, 0.05) is 16.1 Å². The predicted molar refractivity (Wildman–Crippen MR) is 118 cm³/mol. The van der Waals surface area contributed by atoms with E-state index >= 15 is 0 Å². The van der Waals surface area contributed by atoms with Crippen molar-refractivity contribution in [1.82, 2.24) is 0 Å². The highest BCUT2D eigenvalue weighted by molar-refractivity contribution is 9.10. The summed E-state index contributed by atoms with van der Waals surface area (Å²) >= 11 is 3.38. The maximum Gasteiger partial charge on any atom is 0.280 e. The fourth-order valence-corrected chi connectivity index (χ4v) is 3.07. The number of nitro benzene ring substituents is 1. The number of hydrogen-bond donors (Lipinski definition) is 0. The summed E-state index contributed by atoms with van der Waals surface area (Å²) in [5, 5.41) is 11.1. The topological polar surface area (TPSA) is 78.7 Å². The van der Waals surface area contributed by atoms with Gasteiger partial charge in [-0.3, -0.25) is 14.9 Å². The molecule has 0 aromatic heterocycles. The molecule has 152 valence electrons. The second-order valence-electron chi connectivity index (χ2n) is 6.29. The van der Waals surface area contributed by atoms with Crippen molar-refractivity contribution in [2.75, 3.05) is 7.11 Å². The molecule has 0 heterocycles. The molecule has 30 heavy (non-hydrogen) atoms. The zero-order chi connectivity index (χ0) is 21.5. The molecule has 0 atom stereocenters. The van der Waals surface area contributed by atoms with Crippen molar-refractivity contribution < 1.29 is 19.2 Å². The van der Waals surface area contributed by atoms with Crippen LogP contribution in [0.3, 0.4) is 0 Å². The molecule has 0 bridgehead atoms. The zero-order valence-corrected chi connectivity index (χ0v) is 17.7. The number of allylic oxidation sites excluding steroid dienone is 1. The lowest BCUT2D eigenvalue weighted by Gasteiger charge is -2.11. The molecular formula is C23H18BrNO5. The fraction of sp³-hybridized carbons (Fsp3) is 0.0870. The molecule has 3 rings (SSSR count). The van der Waals surface area contributed by atoms with Crippen LogP contribution in [-0.4, -0.2) is 17.8 Å². The normalized spacial score (nSPS) is 10.7. The van der Waals surface area contributed by atoms with Crippen LogP contribution in [0.25, 0.3) is 6.08 Å². The summed E-state index contributed by atoms with van der Waals surface area (Å²) in [4.78, 5) is 23.0. The van der Waals surface area contributed by atoms with E-state index in [-0.39, 0.29) is 17.9 Å².